The molecule has 1 N–H and O–H groups in total. The van der Waals surface area contributed by atoms with Crippen molar-refractivity contribution in [2.45, 2.75) is 19.1 Å². The smallest absolute Gasteiger partial charge is 0.308 e. The molecule has 1 aliphatic heterocycles. The molecule has 1 amide bonds. The van der Waals surface area contributed by atoms with Crippen molar-refractivity contribution in [2.75, 3.05) is 6.61 Å². The highest BCUT2D eigenvalue weighted by molar-refractivity contribution is 9.10. The minimum absolute atomic E-state index is 0.0273. The Morgan fingerprint density at radius 2 is 1.70 bits per heavy atom. The maximum atomic E-state index is 12.9. The topological polar surface area (TPSA) is 85.4 Å². The molecule has 0 saturated carbocycles. The van der Waals surface area contributed by atoms with Crippen LogP contribution < -0.4 is 9.47 Å². The monoisotopic (exact) mass is 555 g/mol. The van der Waals surface area contributed by atoms with E-state index in [4.69, 9.17) is 9.47 Å². The number of nitrogens with zero attached hydrogens (tertiary/aromatic N) is 3. The highest BCUT2D eigenvalue weighted by atomic mass is 79.9. The minimum Gasteiger partial charge on any atom is -0.493 e. The van der Waals surface area contributed by atoms with Crippen LogP contribution in [0.1, 0.15) is 5.56 Å². The fourth-order valence-electron chi connectivity index (χ4n) is 4.55. The molecule has 0 spiro atoms. The Morgan fingerprint density at radius 3 is 2.49 bits per heavy atom. The second kappa shape index (κ2) is 9.71. The standard InChI is InChI=1S/C29H22BrN3O4/c30-21-10-11-23-22(16-21)27(29(35)33(23)13-12-18-6-2-1-3-7-18)31-32-28(34)26-17-36-24-14-19-8-4-5-9-20(19)15-25(24)37-26/h1-11,14-16,26,35H,12-13,17H2. The molecule has 2 heterocycles. The molecule has 0 saturated heterocycles. The Labute approximate surface area is 221 Å². The van der Waals surface area contributed by atoms with Crippen LogP contribution in [0.2, 0.25) is 0 Å². The number of halogens is 1. The number of carbonyl (C=O) groups excluding carboxylic acids is 1. The fourth-order valence-corrected chi connectivity index (χ4v) is 4.91. The van der Waals surface area contributed by atoms with Gasteiger partial charge in [0.15, 0.2) is 17.2 Å². The number of azo groups is 1. The van der Waals surface area contributed by atoms with Gasteiger partial charge in [-0.25, -0.2) is 0 Å². The van der Waals surface area contributed by atoms with Gasteiger partial charge in [0.1, 0.15) is 6.61 Å². The van der Waals surface area contributed by atoms with Gasteiger partial charge in [-0.05, 0) is 53.1 Å². The van der Waals surface area contributed by atoms with E-state index < -0.39 is 12.0 Å². The van der Waals surface area contributed by atoms with Gasteiger partial charge in [0.05, 0.1) is 5.52 Å². The summed E-state index contributed by atoms with van der Waals surface area (Å²) in [6.07, 6.45) is -0.205. The van der Waals surface area contributed by atoms with Crippen LogP contribution in [0.3, 0.4) is 0 Å². The van der Waals surface area contributed by atoms with Crippen molar-refractivity contribution in [1.29, 1.82) is 0 Å². The quantitative estimate of drug-likeness (QED) is 0.237. The number of aromatic hydroxyl groups is 1. The summed E-state index contributed by atoms with van der Waals surface area (Å²) < 4.78 is 14.3. The molecule has 1 unspecified atom stereocenters. The van der Waals surface area contributed by atoms with Crippen LogP contribution in [-0.2, 0) is 17.8 Å². The number of amides is 1. The molecule has 1 aromatic heterocycles. The van der Waals surface area contributed by atoms with E-state index in [1.807, 2.05) is 84.9 Å². The number of ether oxygens (including phenoxy) is 2. The SMILES string of the molecule is O=C(N=Nc1c(O)n(CCc2ccccc2)c2ccc(Br)cc12)C1COc2cc3ccccc3cc2O1. The molecule has 184 valence electrons. The fraction of sp³-hybridized carbons (Fsp3) is 0.138. The lowest BCUT2D eigenvalue weighted by atomic mass is 10.1. The third kappa shape index (κ3) is 4.56. The van der Waals surface area contributed by atoms with Crippen molar-refractivity contribution >= 4 is 49.2 Å². The molecule has 1 aliphatic rings. The number of hydrogen-bond acceptors (Lipinski definition) is 5. The van der Waals surface area contributed by atoms with Crippen LogP contribution in [0.5, 0.6) is 17.4 Å². The van der Waals surface area contributed by atoms with Gasteiger partial charge < -0.3 is 19.1 Å². The van der Waals surface area contributed by atoms with E-state index in [1.165, 1.54) is 0 Å². The summed E-state index contributed by atoms with van der Waals surface area (Å²) in [7, 11) is 0. The Bertz CT molecular complexity index is 1660. The van der Waals surface area contributed by atoms with Crippen molar-refractivity contribution in [3.8, 4) is 17.4 Å². The summed E-state index contributed by atoms with van der Waals surface area (Å²) in [5, 5.41) is 21.9. The van der Waals surface area contributed by atoms with Gasteiger partial charge in [-0.2, -0.15) is 0 Å². The highest BCUT2D eigenvalue weighted by Gasteiger charge is 2.28. The third-order valence-corrected chi connectivity index (χ3v) is 6.93. The van der Waals surface area contributed by atoms with Crippen molar-refractivity contribution in [3.63, 3.8) is 0 Å². The molecule has 0 aliphatic carbocycles. The van der Waals surface area contributed by atoms with E-state index in [-0.39, 0.29) is 18.2 Å². The number of rotatable bonds is 5. The van der Waals surface area contributed by atoms with Gasteiger partial charge in [0.2, 0.25) is 12.0 Å². The first-order valence-electron chi connectivity index (χ1n) is 11.9. The molecule has 0 bridgehead atoms. The van der Waals surface area contributed by atoms with E-state index in [2.05, 4.69) is 26.2 Å². The third-order valence-electron chi connectivity index (χ3n) is 6.43. The Morgan fingerprint density at radius 1 is 0.973 bits per heavy atom. The predicted octanol–water partition coefficient (Wildman–Crippen LogP) is 6.96. The molecule has 37 heavy (non-hydrogen) atoms. The normalized spacial score (nSPS) is 15.0. The molecule has 0 fully saturated rings. The molecule has 6 rings (SSSR count). The van der Waals surface area contributed by atoms with Gasteiger partial charge in [-0.15, -0.1) is 10.2 Å². The maximum Gasteiger partial charge on any atom is 0.308 e. The van der Waals surface area contributed by atoms with Gasteiger partial charge in [0, 0.05) is 16.4 Å². The lowest BCUT2D eigenvalue weighted by Crippen LogP contribution is -2.35. The van der Waals surface area contributed by atoms with E-state index in [9.17, 15) is 9.90 Å². The molecule has 4 aromatic carbocycles. The zero-order chi connectivity index (χ0) is 25.4. The first-order chi connectivity index (χ1) is 18.1. The van der Waals surface area contributed by atoms with Crippen molar-refractivity contribution in [3.05, 3.63) is 95.0 Å². The molecule has 8 heteroatoms. The van der Waals surface area contributed by atoms with Crippen LogP contribution in [0.15, 0.2) is 99.6 Å². The first kappa shape index (κ1) is 23.2. The molecule has 1 atom stereocenters. The summed E-state index contributed by atoms with van der Waals surface area (Å²) in [4.78, 5) is 12.9. The summed E-state index contributed by atoms with van der Waals surface area (Å²) in [6, 6.07) is 27.3. The number of hydrogen-bond donors (Lipinski definition) is 1. The summed E-state index contributed by atoms with van der Waals surface area (Å²) in [5.74, 6) is 0.447. The van der Waals surface area contributed by atoms with Crippen LogP contribution in [-0.4, -0.2) is 28.3 Å². The zero-order valence-electron chi connectivity index (χ0n) is 19.7. The Hall–Kier alpha value is -4.17. The van der Waals surface area contributed by atoms with E-state index >= 15 is 0 Å². The number of carbonyl (C=O) groups is 1. The average molecular weight is 556 g/mol. The average Bonchev–Trinajstić information content (AvgIpc) is 3.18. The summed E-state index contributed by atoms with van der Waals surface area (Å²) in [5.41, 5.74) is 2.19. The molecule has 7 nitrogen and oxygen atoms in total. The van der Waals surface area contributed by atoms with Gasteiger partial charge in [-0.1, -0.05) is 70.5 Å². The largest absolute Gasteiger partial charge is 0.493 e. The van der Waals surface area contributed by atoms with E-state index in [1.54, 1.807) is 4.57 Å². The van der Waals surface area contributed by atoms with Crippen LogP contribution >= 0.6 is 15.9 Å². The number of aromatic nitrogens is 1. The van der Waals surface area contributed by atoms with Crippen molar-refractivity contribution in [1.82, 2.24) is 4.57 Å². The zero-order valence-corrected chi connectivity index (χ0v) is 21.3. The van der Waals surface area contributed by atoms with Gasteiger partial charge in [0.25, 0.3) is 0 Å². The maximum absolute atomic E-state index is 12.9. The number of benzene rings is 4. The van der Waals surface area contributed by atoms with Crippen LogP contribution in [0.25, 0.3) is 21.7 Å². The lowest BCUT2D eigenvalue weighted by molar-refractivity contribution is -0.127. The minimum atomic E-state index is -0.933. The second-order valence-electron chi connectivity index (χ2n) is 8.82. The second-order valence-corrected chi connectivity index (χ2v) is 9.74. The van der Waals surface area contributed by atoms with Crippen molar-refractivity contribution < 1.29 is 19.4 Å². The first-order valence-corrected chi connectivity index (χ1v) is 12.7. The van der Waals surface area contributed by atoms with E-state index in [0.717, 1.165) is 32.7 Å². The van der Waals surface area contributed by atoms with Crippen molar-refractivity contribution in [2.24, 2.45) is 10.2 Å². The van der Waals surface area contributed by atoms with Crippen LogP contribution in [0, 0.1) is 0 Å². The van der Waals surface area contributed by atoms with Crippen LogP contribution in [0.4, 0.5) is 5.69 Å². The molecular weight excluding hydrogens is 534 g/mol. The summed E-state index contributed by atoms with van der Waals surface area (Å²) in [6.45, 7) is 0.571. The number of aryl methyl sites for hydroxylation is 2. The Balaban J connectivity index is 1.26. The number of fused-ring (bicyclic) bond motifs is 3. The molecule has 5 aromatic rings. The predicted molar refractivity (Wildman–Crippen MR) is 145 cm³/mol. The van der Waals surface area contributed by atoms with Gasteiger partial charge >= 0.3 is 5.91 Å². The summed E-state index contributed by atoms with van der Waals surface area (Å²) >= 11 is 3.48. The highest BCUT2D eigenvalue weighted by Crippen LogP contribution is 2.41. The molecular formula is C29H22BrN3O4. The Kier molecular flexibility index (Phi) is 6.10. The molecule has 0 radical (unpaired) electrons. The lowest BCUT2D eigenvalue weighted by Gasteiger charge is -2.24. The van der Waals surface area contributed by atoms with E-state index in [0.29, 0.717) is 23.4 Å². The van der Waals surface area contributed by atoms with Gasteiger partial charge in [-0.3, -0.25) is 4.79 Å².